The van der Waals surface area contributed by atoms with Gasteiger partial charge in [-0.25, -0.2) is 0 Å². The lowest BCUT2D eigenvalue weighted by Gasteiger charge is -2.19. The van der Waals surface area contributed by atoms with Crippen molar-refractivity contribution in [1.82, 2.24) is 0 Å². The first-order chi connectivity index (χ1) is 6.98. The Morgan fingerprint density at radius 2 is 2.40 bits per heavy atom. The van der Waals surface area contributed by atoms with Gasteiger partial charge in [0, 0.05) is 11.9 Å². The summed E-state index contributed by atoms with van der Waals surface area (Å²) in [7, 11) is 0. The standard InChI is InChI=1S/C10H20N2O2S/c1-7(5-13)6-15-8-2-3-10(12,4-8)9(11)14/h7-8,13H,2-6,12H2,1H3,(H2,11,14). The van der Waals surface area contributed by atoms with Crippen LogP contribution in [-0.2, 0) is 4.79 Å². The molecule has 3 atom stereocenters. The van der Waals surface area contributed by atoms with Gasteiger partial charge in [-0.05, 0) is 30.9 Å². The van der Waals surface area contributed by atoms with Crippen LogP contribution < -0.4 is 11.5 Å². The van der Waals surface area contributed by atoms with E-state index in [1.807, 2.05) is 6.92 Å². The number of thioether (sulfide) groups is 1. The summed E-state index contributed by atoms with van der Waals surface area (Å²) in [5, 5.41) is 9.30. The summed E-state index contributed by atoms with van der Waals surface area (Å²) in [5.74, 6) is 0.827. The van der Waals surface area contributed by atoms with Gasteiger partial charge in [-0.15, -0.1) is 0 Å². The van der Waals surface area contributed by atoms with Gasteiger partial charge in [0.2, 0.25) is 5.91 Å². The molecule has 1 fully saturated rings. The van der Waals surface area contributed by atoms with Crippen molar-refractivity contribution in [2.75, 3.05) is 12.4 Å². The van der Waals surface area contributed by atoms with Crippen molar-refractivity contribution in [1.29, 1.82) is 0 Å². The quantitative estimate of drug-likeness (QED) is 0.626. The first kappa shape index (κ1) is 12.8. The summed E-state index contributed by atoms with van der Waals surface area (Å²) in [4.78, 5) is 11.1. The van der Waals surface area contributed by atoms with Crippen LogP contribution in [0, 0.1) is 5.92 Å². The Labute approximate surface area is 94.8 Å². The maximum atomic E-state index is 11.1. The van der Waals surface area contributed by atoms with E-state index in [1.54, 1.807) is 11.8 Å². The second-order valence-electron chi connectivity index (χ2n) is 4.51. The topological polar surface area (TPSA) is 89.3 Å². The molecule has 0 aliphatic heterocycles. The fraction of sp³-hybridized carbons (Fsp3) is 0.900. The smallest absolute Gasteiger partial charge is 0.237 e. The largest absolute Gasteiger partial charge is 0.396 e. The van der Waals surface area contributed by atoms with E-state index in [9.17, 15) is 4.79 Å². The molecule has 1 amide bonds. The molecule has 15 heavy (non-hydrogen) atoms. The Kier molecular flexibility index (Phi) is 4.43. The molecular formula is C10H20N2O2S. The molecule has 88 valence electrons. The van der Waals surface area contributed by atoms with E-state index < -0.39 is 5.54 Å². The monoisotopic (exact) mass is 232 g/mol. The molecule has 5 heteroatoms. The van der Waals surface area contributed by atoms with Gasteiger partial charge < -0.3 is 16.6 Å². The number of carbonyl (C=O) groups is 1. The molecule has 1 saturated carbocycles. The van der Waals surface area contributed by atoms with Crippen LogP contribution in [0.2, 0.25) is 0 Å². The average molecular weight is 232 g/mol. The van der Waals surface area contributed by atoms with Crippen molar-refractivity contribution in [3.05, 3.63) is 0 Å². The van der Waals surface area contributed by atoms with Gasteiger partial charge >= 0.3 is 0 Å². The van der Waals surface area contributed by atoms with E-state index in [2.05, 4.69) is 0 Å². The van der Waals surface area contributed by atoms with Crippen LogP contribution in [0.15, 0.2) is 0 Å². The molecule has 0 saturated heterocycles. The highest BCUT2D eigenvalue weighted by Gasteiger charge is 2.40. The number of carbonyl (C=O) groups excluding carboxylic acids is 1. The maximum Gasteiger partial charge on any atom is 0.237 e. The zero-order valence-corrected chi connectivity index (χ0v) is 9.93. The van der Waals surface area contributed by atoms with Crippen molar-refractivity contribution < 1.29 is 9.90 Å². The molecule has 1 rings (SSSR count). The third kappa shape index (κ3) is 3.36. The van der Waals surface area contributed by atoms with Crippen molar-refractivity contribution in [2.24, 2.45) is 17.4 Å². The molecule has 4 nitrogen and oxygen atoms in total. The van der Waals surface area contributed by atoms with Gasteiger partial charge in [-0.2, -0.15) is 11.8 Å². The predicted molar refractivity (Wildman–Crippen MR) is 62.5 cm³/mol. The van der Waals surface area contributed by atoms with Crippen molar-refractivity contribution >= 4 is 17.7 Å². The Hall–Kier alpha value is -0.260. The van der Waals surface area contributed by atoms with Gasteiger partial charge in [0.1, 0.15) is 0 Å². The third-order valence-electron chi connectivity index (χ3n) is 2.92. The fourth-order valence-electron chi connectivity index (χ4n) is 1.75. The second kappa shape index (κ2) is 5.18. The fourth-order valence-corrected chi connectivity index (χ4v) is 3.15. The number of hydrogen-bond acceptors (Lipinski definition) is 4. The Morgan fingerprint density at radius 3 is 2.87 bits per heavy atom. The summed E-state index contributed by atoms with van der Waals surface area (Å²) < 4.78 is 0. The van der Waals surface area contributed by atoms with Crippen LogP contribution >= 0.6 is 11.8 Å². The summed E-state index contributed by atoms with van der Waals surface area (Å²) >= 11 is 1.79. The lowest BCUT2D eigenvalue weighted by atomic mass is 9.99. The molecule has 1 aliphatic rings. The van der Waals surface area contributed by atoms with Crippen molar-refractivity contribution in [2.45, 2.75) is 37.0 Å². The highest BCUT2D eigenvalue weighted by atomic mass is 32.2. The third-order valence-corrected chi connectivity index (χ3v) is 4.56. The van der Waals surface area contributed by atoms with Crippen LogP contribution in [0.1, 0.15) is 26.2 Å². The predicted octanol–water partition coefficient (Wildman–Crippen LogP) is 0.0833. The molecule has 1 aliphatic carbocycles. The highest BCUT2D eigenvalue weighted by molar-refractivity contribution is 7.99. The van der Waals surface area contributed by atoms with Crippen molar-refractivity contribution in [3.8, 4) is 0 Å². The first-order valence-corrected chi connectivity index (χ1v) is 6.34. The number of primary amides is 1. The average Bonchev–Trinajstić information content (AvgIpc) is 2.58. The van der Waals surface area contributed by atoms with Crippen LogP contribution in [0.4, 0.5) is 0 Å². The lowest BCUT2D eigenvalue weighted by Crippen LogP contribution is -2.50. The number of amides is 1. The van der Waals surface area contributed by atoms with E-state index in [0.717, 1.165) is 12.2 Å². The molecule has 0 aromatic rings. The van der Waals surface area contributed by atoms with Crippen LogP contribution in [0.3, 0.4) is 0 Å². The minimum absolute atomic E-state index is 0.212. The summed E-state index contributed by atoms with van der Waals surface area (Å²) in [6, 6.07) is 0. The summed E-state index contributed by atoms with van der Waals surface area (Å²) in [5.41, 5.74) is 10.4. The molecule has 0 aromatic carbocycles. The maximum absolute atomic E-state index is 11.1. The highest BCUT2D eigenvalue weighted by Crippen LogP contribution is 2.36. The second-order valence-corrected chi connectivity index (χ2v) is 5.84. The van der Waals surface area contributed by atoms with Crippen LogP contribution in [0.25, 0.3) is 0 Å². The van der Waals surface area contributed by atoms with Gasteiger partial charge in [-0.3, -0.25) is 4.79 Å². The minimum atomic E-state index is -0.792. The lowest BCUT2D eigenvalue weighted by molar-refractivity contribution is -0.122. The number of nitrogens with two attached hydrogens (primary N) is 2. The van der Waals surface area contributed by atoms with Gasteiger partial charge in [0.15, 0.2) is 0 Å². The minimum Gasteiger partial charge on any atom is -0.396 e. The van der Waals surface area contributed by atoms with Crippen LogP contribution in [-0.4, -0.2) is 34.2 Å². The molecule has 5 N–H and O–H groups in total. The van der Waals surface area contributed by atoms with Crippen molar-refractivity contribution in [3.63, 3.8) is 0 Å². The Morgan fingerprint density at radius 1 is 1.73 bits per heavy atom. The molecular weight excluding hydrogens is 212 g/mol. The SMILES string of the molecule is CC(CO)CSC1CCC(N)(C(N)=O)C1. The summed E-state index contributed by atoms with van der Waals surface area (Å²) in [6.45, 7) is 2.22. The molecule has 0 aromatic heterocycles. The number of aliphatic hydroxyl groups is 1. The van der Waals surface area contributed by atoms with E-state index in [1.165, 1.54) is 0 Å². The molecule has 0 bridgehead atoms. The zero-order valence-electron chi connectivity index (χ0n) is 9.11. The normalized spacial score (nSPS) is 32.9. The van der Waals surface area contributed by atoms with Gasteiger partial charge in [0.25, 0.3) is 0 Å². The number of hydrogen-bond donors (Lipinski definition) is 3. The van der Waals surface area contributed by atoms with E-state index >= 15 is 0 Å². The van der Waals surface area contributed by atoms with Gasteiger partial charge in [0.05, 0.1) is 5.54 Å². The Balaban J connectivity index is 2.34. The number of aliphatic hydroxyl groups excluding tert-OH is 1. The molecule has 0 radical (unpaired) electrons. The first-order valence-electron chi connectivity index (χ1n) is 5.29. The zero-order chi connectivity index (χ0) is 11.5. The number of rotatable bonds is 5. The Bertz CT molecular complexity index is 237. The molecule has 0 spiro atoms. The van der Waals surface area contributed by atoms with Gasteiger partial charge in [-0.1, -0.05) is 6.92 Å². The summed E-state index contributed by atoms with van der Waals surface area (Å²) in [6.07, 6.45) is 2.31. The molecule has 3 unspecified atom stereocenters. The molecule has 0 heterocycles. The van der Waals surface area contributed by atoms with E-state index in [4.69, 9.17) is 16.6 Å². The van der Waals surface area contributed by atoms with E-state index in [-0.39, 0.29) is 12.5 Å². The van der Waals surface area contributed by atoms with Crippen LogP contribution in [0.5, 0.6) is 0 Å². The van der Waals surface area contributed by atoms with E-state index in [0.29, 0.717) is 24.0 Å².